The highest BCUT2D eigenvalue weighted by Gasteiger charge is 2.39. The lowest BCUT2D eigenvalue weighted by molar-refractivity contribution is -0.143. The van der Waals surface area contributed by atoms with Crippen LogP contribution in [-0.2, 0) is 27.1 Å². The third kappa shape index (κ3) is 5.06. The van der Waals surface area contributed by atoms with Crippen molar-refractivity contribution in [2.45, 2.75) is 36.9 Å². The van der Waals surface area contributed by atoms with Gasteiger partial charge in [-0.2, -0.15) is 0 Å². The molecule has 1 aromatic heterocycles. The molecule has 3 atom stereocenters. The number of aromatic amines is 1. The van der Waals surface area contributed by atoms with Crippen LogP contribution in [0.5, 0.6) is 0 Å². The Balaban J connectivity index is 1.18. The Morgan fingerprint density at radius 2 is 1.51 bits per heavy atom. The average Bonchev–Trinajstić information content (AvgIpc) is 3.59. The molecule has 5 aromatic rings. The van der Waals surface area contributed by atoms with Crippen molar-refractivity contribution in [2.24, 2.45) is 0 Å². The largest absolute Gasteiger partial charge is 0.468 e. The van der Waals surface area contributed by atoms with Crippen LogP contribution in [0.25, 0.3) is 22.0 Å². The third-order valence-electron chi connectivity index (χ3n) is 8.78. The molecule has 1 aliphatic heterocycles. The lowest BCUT2D eigenvalue weighted by Gasteiger charge is -2.35. The molecule has 0 unspecified atom stereocenters. The summed E-state index contributed by atoms with van der Waals surface area (Å²) in [6.45, 7) is 0.221. The van der Waals surface area contributed by atoms with E-state index in [0.29, 0.717) is 12.8 Å². The summed E-state index contributed by atoms with van der Waals surface area (Å²) in [5, 5.41) is 7.74. The molecule has 3 N–H and O–H groups in total. The van der Waals surface area contributed by atoms with E-state index in [-0.39, 0.29) is 24.5 Å². The number of carbonyl (C=O) groups is 2. The smallest absolute Gasteiger partial charge is 0.407 e. The van der Waals surface area contributed by atoms with E-state index in [4.69, 9.17) is 9.47 Å². The first kappa shape index (κ1) is 27.0. The topological polar surface area (TPSA) is 92.5 Å². The molecule has 0 saturated carbocycles. The zero-order valence-electron chi connectivity index (χ0n) is 23.9. The van der Waals surface area contributed by atoms with Crippen molar-refractivity contribution in [1.82, 2.24) is 15.6 Å². The lowest BCUT2D eigenvalue weighted by atomic mass is 9.88. The molecule has 4 aromatic carbocycles. The molecular formula is C36H33N3O4. The maximum atomic E-state index is 13.6. The molecular weight excluding hydrogens is 538 g/mol. The van der Waals surface area contributed by atoms with Gasteiger partial charge in [0.05, 0.1) is 19.2 Å². The predicted octanol–water partition coefficient (Wildman–Crippen LogP) is 6.05. The Kier molecular flexibility index (Phi) is 7.17. The number of H-pyrrole nitrogens is 1. The first-order valence-electron chi connectivity index (χ1n) is 14.7. The Morgan fingerprint density at radius 1 is 0.860 bits per heavy atom. The second kappa shape index (κ2) is 11.4. The van der Waals surface area contributed by atoms with Gasteiger partial charge in [-0.1, -0.05) is 97.1 Å². The Morgan fingerprint density at radius 3 is 2.23 bits per heavy atom. The molecule has 2 heterocycles. The van der Waals surface area contributed by atoms with Gasteiger partial charge in [-0.15, -0.1) is 0 Å². The van der Waals surface area contributed by atoms with Gasteiger partial charge in [0.15, 0.2) is 0 Å². The Hall–Kier alpha value is -4.88. The van der Waals surface area contributed by atoms with Crippen LogP contribution < -0.4 is 10.6 Å². The van der Waals surface area contributed by atoms with Gasteiger partial charge in [-0.05, 0) is 45.9 Å². The number of ether oxygens (including phenoxy) is 2. The minimum absolute atomic E-state index is 0.0393. The number of amides is 1. The van der Waals surface area contributed by atoms with E-state index in [0.717, 1.165) is 38.9 Å². The van der Waals surface area contributed by atoms with Crippen LogP contribution in [0.2, 0.25) is 0 Å². The fourth-order valence-corrected chi connectivity index (χ4v) is 6.79. The van der Waals surface area contributed by atoms with E-state index in [2.05, 4.69) is 45.9 Å². The van der Waals surface area contributed by atoms with Crippen LogP contribution in [-0.4, -0.2) is 42.8 Å². The number of methoxy groups -OCH3 is 1. The molecule has 0 fully saturated rings. The van der Waals surface area contributed by atoms with E-state index in [1.807, 2.05) is 72.8 Å². The SMILES string of the molecule is COC(=O)[C@@H]1Cc2c([nH]c3ccccc23)[C@H]([C@H](Cc2ccccc2)NC(=O)OCC2c3ccccc3-c3ccccc32)N1. The number of hydrogen-bond acceptors (Lipinski definition) is 5. The van der Waals surface area contributed by atoms with E-state index < -0.39 is 18.2 Å². The maximum absolute atomic E-state index is 13.6. The van der Waals surface area contributed by atoms with Crippen molar-refractivity contribution in [2.75, 3.05) is 13.7 Å². The Labute approximate surface area is 250 Å². The second-order valence-electron chi connectivity index (χ2n) is 11.3. The standard InChI is InChI=1S/C36H33N3O4/c1-42-35(40)32-20-28-27-17-9-10-18-30(27)37-33(28)34(38-32)31(19-22-11-3-2-4-12-22)39-36(41)43-21-29-25-15-7-5-13-23(25)24-14-6-8-16-26(24)29/h2-18,29,31-32,34,37-38H,19-21H2,1H3,(H,39,41)/t31-,32-,34-/m0/s1. The van der Waals surface area contributed by atoms with Gasteiger partial charge >= 0.3 is 12.1 Å². The first-order valence-corrected chi connectivity index (χ1v) is 14.7. The van der Waals surface area contributed by atoms with Crippen molar-refractivity contribution in [3.8, 4) is 11.1 Å². The summed E-state index contributed by atoms with van der Waals surface area (Å²) < 4.78 is 11.1. The number of para-hydroxylation sites is 1. The zero-order chi connectivity index (χ0) is 29.3. The van der Waals surface area contributed by atoms with Gasteiger partial charge in [-0.25, -0.2) is 4.79 Å². The van der Waals surface area contributed by atoms with Gasteiger partial charge in [-0.3, -0.25) is 10.1 Å². The van der Waals surface area contributed by atoms with Crippen molar-refractivity contribution in [3.63, 3.8) is 0 Å². The molecule has 7 rings (SSSR count). The molecule has 1 aliphatic carbocycles. The highest BCUT2D eigenvalue weighted by Crippen LogP contribution is 2.44. The number of rotatable bonds is 7. The van der Waals surface area contributed by atoms with Crippen LogP contribution in [0.1, 0.15) is 39.9 Å². The number of fused-ring (bicyclic) bond motifs is 6. The van der Waals surface area contributed by atoms with Crippen LogP contribution in [0.4, 0.5) is 4.79 Å². The molecule has 7 nitrogen and oxygen atoms in total. The molecule has 0 spiro atoms. The summed E-state index contributed by atoms with van der Waals surface area (Å²) in [5.41, 5.74) is 8.75. The maximum Gasteiger partial charge on any atom is 0.407 e. The molecule has 0 saturated heterocycles. The first-order chi connectivity index (χ1) is 21.1. The van der Waals surface area contributed by atoms with E-state index in [1.165, 1.54) is 18.2 Å². The van der Waals surface area contributed by atoms with E-state index >= 15 is 0 Å². The number of aromatic nitrogens is 1. The Bertz CT molecular complexity index is 1750. The van der Waals surface area contributed by atoms with Gasteiger partial charge < -0.3 is 19.8 Å². The summed E-state index contributed by atoms with van der Waals surface area (Å²) in [6, 6.07) is 33.3. The number of carbonyl (C=O) groups excluding carboxylic acids is 2. The van der Waals surface area contributed by atoms with E-state index in [9.17, 15) is 9.59 Å². The van der Waals surface area contributed by atoms with Crippen molar-refractivity contribution in [3.05, 3.63) is 131 Å². The van der Waals surface area contributed by atoms with Crippen LogP contribution >= 0.6 is 0 Å². The fraction of sp³-hybridized carbons (Fsp3) is 0.222. The quantitative estimate of drug-likeness (QED) is 0.207. The highest BCUT2D eigenvalue weighted by molar-refractivity contribution is 5.87. The van der Waals surface area contributed by atoms with Crippen molar-refractivity contribution < 1.29 is 19.1 Å². The van der Waals surface area contributed by atoms with E-state index in [1.54, 1.807) is 0 Å². The molecule has 0 radical (unpaired) electrons. The monoisotopic (exact) mass is 571 g/mol. The summed E-state index contributed by atoms with van der Waals surface area (Å²) in [7, 11) is 1.40. The number of nitrogens with one attached hydrogen (secondary N) is 3. The predicted molar refractivity (Wildman–Crippen MR) is 166 cm³/mol. The van der Waals surface area contributed by atoms with Gasteiger partial charge in [0, 0.05) is 28.9 Å². The normalized spacial score (nSPS) is 17.9. The molecule has 2 aliphatic rings. The van der Waals surface area contributed by atoms with Crippen molar-refractivity contribution >= 4 is 23.0 Å². The lowest BCUT2D eigenvalue weighted by Crippen LogP contribution is -2.54. The summed E-state index contributed by atoms with van der Waals surface area (Å²) in [6.07, 6.45) is 0.527. The number of hydrogen-bond donors (Lipinski definition) is 3. The average molecular weight is 572 g/mol. The fourth-order valence-electron chi connectivity index (χ4n) is 6.79. The van der Waals surface area contributed by atoms with Crippen LogP contribution in [0.15, 0.2) is 103 Å². The molecule has 216 valence electrons. The van der Waals surface area contributed by atoms with Gasteiger partial charge in [0.25, 0.3) is 0 Å². The molecule has 43 heavy (non-hydrogen) atoms. The summed E-state index contributed by atoms with van der Waals surface area (Å²) in [5.74, 6) is -0.372. The van der Waals surface area contributed by atoms with Crippen LogP contribution in [0.3, 0.4) is 0 Å². The van der Waals surface area contributed by atoms with Gasteiger partial charge in [0.1, 0.15) is 12.6 Å². The summed E-state index contributed by atoms with van der Waals surface area (Å²) in [4.78, 5) is 30.0. The minimum Gasteiger partial charge on any atom is -0.468 e. The number of esters is 1. The third-order valence-corrected chi connectivity index (χ3v) is 8.78. The molecule has 1 amide bonds. The minimum atomic E-state index is -0.552. The number of benzene rings is 4. The molecule has 0 bridgehead atoms. The molecule has 7 heteroatoms. The van der Waals surface area contributed by atoms with Crippen LogP contribution in [0, 0.1) is 0 Å². The number of alkyl carbamates (subject to hydrolysis) is 1. The zero-order valence-corrected chi connectivity index (χ0v) is 23.9. The van der Waals surface area contributed by atoms with Gasteiger partial charge in [0.2, 0.25) is 0 Å². The second-order valence-corrected chi connectivity index (χ2v) is 11.3. The van der Waals surface area contributed by atoms with Crippen molar-refractivity contribution in [1.29, 1.82) is 0 Å². The highest BCUT2D eigenvalue weighted by atomic mass is 16.5. The summed E-state index contributed by atoms with van der Waals surface area (Å²) >= 11 is 0.